The number of rotatable bonds is 5. The second kappa shape index (κ2) is 6.30. The first-order chi connectivity index (χ1) is 9.93. The molecule has 1 unspecified atom stereocenters. The zero-order valence-corrected chi connectivity index (χ0v) is 12.0. The molecule has 21 heavy (non-hydrogen) atoms. The smallest absolute Gasteiger partial charge is 0.310 e. The Morgan fingerprint density at radius 1 is 1.24 bits per heavy atom. The van der Waals surface area contributed by atoms with E-state index < -0.39 is 11.9 Å². The summed E-state index contributed by atoms with van der Waals surface area (Å²) < 4.78 is 41.0. The van der Waals surface area contributed by atoms with Gasteiger partial charge in [-0.3, -0.25) is 0 Å². The highest BCUT2D eigenvalue weighted by Crippen LogP contribution is 2.33. The number of benzene rings is 1. The topological polar surface area (TPSA) is 29.9 Å². The molecule has 6 heteroatoms. The van der Waals surface area contributed by atoms with Crippen LogP contribution in [0, 0.1) is 0 Å². The van der Waals surface area contributed by atoms with Crippen LogP contribution in [-0.2, 0) is 12.7 Å². The Balaban J connectivity index is 2.37. The van der Waals surface area contributed by atoms with Gasteiger partial charge >= 0.3 is 6.18 Å². The first kappa shape index (κ1) is 15.6. The van der Waals surface area contributed by atoms with Crippen molar-refractivity contribution in [2.75, 3.05) is 0 Å². The molecule has 0 saturated heterocycles. The molecule has 0 aliphatic heterocycles. The fourth-order valence-corrected chi connectivity index (χ4v) is 2.01. The molecule has 0 aliphatic carbocycles. The van der Waals surface area contributed by atoms with E-state index in [1.165, 1.54) is 6.20 Å². The highest BCUT2D eigenvalue weighted by Gasteiger charge is 2.38. The Hall–Kier alpha value is -1.82. The van der Waals surface area contributed by atoms with Crippen molar-refractivity contribution in [2.24, 2.45) is 0 Å². The fourth-order valence-electron chi connectivity index (χ4n) is 2.01. The van der Waals surface area contributed by atoms with Gasteiger partial charge in [0, 0.05) is 18.2 Å². The van der Waals surface area contributed by atoms with E-state index in [4.69, 9.17) is 0 Å². The number of hydrogen-bond acceptors (Lipinski definition) is 2. The van der Waals surface area contributed by atoms with E-state index in [-0.39, 0.29) is 18.2 Å². The summed E-state index contributed by atoms with van der Waals surface area (Å²) in [6.45, 7) is 4.07. The minimum atomic E-state index is -4.45. The number of nitrogens with zero attached hydrogens (tertiary/aromatic N) is 2. The summed E-state index contributed by atoms with van der Waals surface area (Å²) in [4.78, 5) is 0. The lowest BCUT2D eigenvalue weighted by atomic mass is 10.2. The van der Waals surface area contributed by atoms with Gasteiger partial charge in [-0.1, -0.05) is 25.1 Å². The Morgan fingerprint density at radius 2 is 1.90 bits per heavy atom. The van der Waals surface area contributed by atoms with Gasteiger partial charge in [-0.25, -0.2) is 4.68 Å². The minimum Gasteiger partial charge on any atom is -0.310 e. The van der Waals surface area contributed by atoms with Crippen LogP contribution in [0.1, 0.15) is 31.5 Å². The molecule has 1 aromatic carbocycles. The fraction of sp³-hybridized carbons (Fsp3) is 0.400. The van der Waals surface area contributed by atoms with Gasteiger partial charge in [0.05, 0.1) is 11.9 Å². The van der Waals surface area contributed by atoms with E-state index >= 15 is 0 Å². The van der Waals surface area contributed by atoms with Crippen molar-refractivity contribution in [1.82, 2.24) is 15.1 Å². The molecule has 2 rings (SSSR count). The van der Waals surface area contributed by atoms with Crippen LogP contribution in [0.5, 0.6) is 0 Å². The molecule has 3 nitrogen and oxygen atoms in total. The zero-order chi connectivity index (χ0) is 15.5. The molecular weight excluding hydrogens is 279 g/mol. The highest BCUT2D eigenvalue weighted by atomic mass is 19.4. The molecule has 0 fully saturated rings. The van der Waals surface area contributed by atoms with Crippen LogP contribution in [0.4, 0.5) is 13.2 Å². The third kappa shape index (κ3) is 3.64. The maximum absolute atomic E-state index is 13.3. The lowest BCUT2D eigenvalue weighted by molar-refractivity contribution is -0.143. The predicted octanol–water partition coefficient (Wildman–Crippen LogP) is 3.78. The van der Waals surface area contributed by atoms with Gasteiger partial charge in [0.1, 0.15) is 0 Å². The summed E-state index contributed by atoms with van der Waals surface area (Å²) in [5, 5.41) is 6.99. The van der Waals surface area contributed by atoms with Crippen molar-refractivity contribution < 1.29 is 13.2 Å². The molecule has 0 spiro atoms. The Bertz CT molecular complexity index is 576. The van der Waals surface area contributed by atoms with E-state index in [1.54, 1.807) is 30.3 Å². The Kier molecular flexibility index (Phi) is 4.67. The van der Waals surface area contributed by atoms with Crippen molar-refractivity contribution in [3.8, 4) is 5.69 Å². The lowest BCUT2D eigenvalue weighted by Crippen LogP contribution is -2.26. The number of alkyl halides is 3. The first-order valence-corrected chi connectivity index (χ1v) is 6.86. The van der Waals surface area contributed by atoms with Crippen LogP contribution in [0.2, 0.25) is 0 Å². The van der Waals surface area contributed by atoms with E-state index in [0.717, 1.165) is 11.1 Å². The SMILES string of the molecule is CCC(C)NCc1cnn(-c2ccccc2)c1C(F)(F)F. The van der Waals surface area contributed by atoms with Crippen LogP contribution >= 0.6 is 0 Å². The first-order valence-electron chi connectivity index (χ1n) is 6.86. The molecule has 0 saturated carbocycles. The minimum absolute atomic E-state index is 0.149. The highest BCUT2D eigenvalue weighted by molar-refractivity contribution is 5.36. The normalized spacial score (nSPS) is 13.4. The number of nitrogens with one attached hydrogen (secondary N) is 1. The van der Waals surface area contributed by atoms with Gasteiger partial charge in [-0.15, -0.1) is 0 Å². The summed E-state index contributed by atoms with van der Waals surface area (Å²) in [6.07, 6.45) is -2.31. The van der Waals surface area contributed by atoms with E-state index in [9.17, 15) is 13.2 Å². The third-order valence-corrected chi connectivity index (χ3v) is 3.37. The van der Waals surface area contributed by atoms with Crippen LogP contribution < -0.4 is 5.32 Å². The summed E-state index contributed by atoms with van der Waals surface area (Å²) in [5.74, 6) is 0. The lowest BCUT2D eigenvalue weighted by Gasteiger charge is -2.15. The van der Waals surface area contributed by atoms with Gasteiger partial charge in [0.15, 0.2) is 5.69 Å². The maximum Gasteiger partial charge on any atom is 0.433 e. The molecule has 1 heterocycles. The predicted molar refractivity (Wildman–Crippen MR) is 75.2 cm³/mol. The molecule has 1 aromatic heterocycles. The van der Waals surface area contributed by atoms with Crippen molar-refractivity contribution in [3.63, 3.8) is 0 Å². The van der Waals surface area contributed by atoms with Gasteiger partial charge < -0.3 is 5.32 Å². The Labute approximate surface area is 121 Å². The summed E-state index contributed by atoms with van der Waals surface area (Å²) in [5.41, 5.74) is -0.157. The molecule has 2 aromatic rings. The average Bonchev–Trinajstić information content (AvgIpc) is 2.89. The van der Waals surface area contributed by atoms with Crippen LogP contribution in [0.3, 0.4) is 0 Å². The molecule has 114 valence electrons. The summed E-state index contributed by atoms with van der Waals surface area (Å²) >= 11 is 0. The Morgan fingerprint density at radius 3 is 2.48 bits per heavy atom. The van der Waals surface area contributed by atoms with Crippen LogP contribution in [-0.4, -0.2) is 15.8 Å². The maximum atomic E-state index is 13.3. The molecule has 1 N–H and O–H groups in total. The standard InChI is InChI=1S/C15H18F3N3/c1-3-11(2)19-9-12-10-20-21(14(12)15(16,17)18)13-7-5-4-6-8-13/h4-8,10-11,19H,3,9H2,1-2H3. The van der Waals surface area contributed by atoms with E-state index in [0.29, 0.717) is 5.69 Å². The monoisotopic (exact) mass is 297 g/mol. The van der Waals surface area contributed by atoms with Gasteiger partial charge in [-0.2, -0.15) is 18.3 Å². The van der Waals surface area contributed by atoms with Gasteiger partial charge in [-0.05, 0) is 25.5 Å². The molecular formula is C15H18F3N3. The van der Waals surface area contributed by atoms with Crippen LogP contribution in [0.15, 0.2) is 36.5 Å². The average molecular weight is 297 g/mol. The van der Waals surface area contributed by atoms with E-state index in [2.05, 4.69) is 10.4 Å². The third-order valence-electron chi connectivity index (χ3n) is 3.37. The van der Waals surface area contributed by atoms with Crippen LogP contribution in [0.25, 0.3) is 5.69 Å². The quantitative estimate of drug-likeness (QED) is 0.910. The van der Waals surface area contributed by atoms with Crippen molar-refractivity contribution >= 4 is 0 Å². The second-order valence-electron chi connectivity index (χ2n) is 4.95. The van der Waals surface area contributed by atoms with Gasteiger partial charge in [0.25, 0.3) is 0 Å². The summed E-state index contributed by atoms with van der Waals surface area (Å²) in [6, 6.07) is 8.50. The molecule has 1 atom stereocenters. The number of aromatic nitrogens is 2. The number of hydrogen-bond donors (Lipinski definition) is 1. The van der Waals surface area contributed by atoms with Crippen molar-refractivity contribution in [2.45, 2.75) is 39.0 Å². The van der Waals surface area contributed by atoms with Crippen molar-refractivity contribution in [3.05, 3.63) is 47.8 Å². The number of halogens is 3. The molecule has 0 radical (unpaired) electrons. The number of para-hydroxylation sites is 1. The van der Waals surface area contributed by atoms with Crippen molar-refractivity contribution in [1.29, 1.82) is 0 Å². The zero-order valence-electron chi connectivity index (χ0n) is 12.0. The summed E-state index contributed by atoms with van der Waals surface area (Å²) in [7, 11) is 0. The van der Waals surface area contributed by atoms with E-state index in [1.807, 2.05) is 13.8 Å². The second-order valence-corrected chi connectivity index (χ2v) is 4.95. The molecule has 0 bridgehead atoms. The van der Waals surface area contributed by atoms with Gasteiger partial charge in [0.2, 0.25) is 0 Å². The molecule has 0 aliphatic rings. The molecule has 0 amide bonds. The largest absolute Gasteiger partial charge is 0.433 e.